The number of fused-ring (bicyclic) bond motifs is 1. The molecule has 3 heterocycles. The molecular weight excluding hydrogens is 428 g/mol. The van der Waals surface area contributed by atoms with Crippen LogP contribution in [0.4, 0.5) is 5.69 Å². The third kappa shape index (κ3) is 3.88. The highest BCUT2D eigenvalue weighted by atomic mass is 32.2. The second-order valence-electron chi connectivity index (χ2n) is 7.98. The highest BCUT2D eigenvalue weighted by molar-refractivity contribution is 7.92. The number of oxazole rings is 1. The van der Waals surface area contributed by atoms with Gasteiger partial charge in [0.15, 0.2) is 5.58 Å². The van der Waals surface area contributed by atoms with Crippen molar-refractivity contribution in [3.05, 3.63) is 47.6 Å². The van der Waals surface area contributed by atoms with Gasteiger partial charge in [-0.15, -0.1) is 0 Å². The zero-order valence-corrected chi connectivity index (χ0v) is 18.8. The van der Waals surface area contributed by atoms with Gasteiger partial charge in [-0.3, -0.25) is 9.71 Å². The molecule has 2 aromatic heterocycles. The maximum Gasteiger partial charge on any atom is 0.242 e. The van der Waals surface area contributed by atoms with Crippen molar-refractivity contribution in [1.82, 2.24) is 9.97 Å². The maximum absolute atomic E-state index is 12.0. The Morgan fingerprint density at radius 2 is 2.00 bits per heavy atom. The molecule has 1 aliphatic heterocycles. The Labute approximate surface area is 186 Å². The summed E-state index contributed by atoms with van der Waals surface area (Å²) in [7, 11) is -2.02. The molecule has 9 heteroatoms. The van der Waals surface area contributed by atoms with Crippen LogP contribution in [0.25, 0.3) is 22.2 Å². The highest BCUT2D eigenvalue weighted by Gasteiger charge is 2.24. The van der Waals surface area contributed by atoms with E-state index in [0.29, 0.717) is 17.2 Å². The Balaban J connectivity index is 1.47. The van der Waals surface area contributed by atoms with Crippen molar-refractivity contribution >= 4 is 32.5 Å². The third-order valence-electron chi connectivity index (χ3n) is 5.86. The van der Waals surface area contributed by atoms with Gasteiger partial charge in [0.05, 0.1) is 12.9 Å². The third-order valence-corrected chi connectivity index (χ3v) is 7.15. The molecular formula is C23H24N4O4S. The topological polar surface area (TPSA) is 107 Å². The molecule has 0 fully saturated rings. The number of aliphatic imine (C=N–C) groups is 1. The molecule has 5 rings (SSSR count). The van der Waals surface area contributed by atoms with Crippen molar-refractivity contribution in [2.45, 2.75) is 39.0 Å². The second kappa shape index (κ2) is 8.05. The molecule has 2 aliphatic rings. The van der Waals surface area contributed by atoms with E-state index in [4.69, 9.17) is 14.1 Å². The summed E-state index contributed by atoms with van der Waals surface area (Å²) in [4.78, 5) is 13.7. The summed E-state index contributed by atoms with van der Waals surface area (Å²) in [6.45, 7) is 1.57. The van der Waals surface area contributed by atoms with Gasteiger partial charge < -0.3 is 9.15 Å². The van der Waals surface area contributed by atoms with Crippen LogP contribution < -0.4 is 9.46 Å². The number of ether oxygens (including phenoxy) is 1. The molecule has 166 valence electrons. The summed E-state index contributed by atoms with van der Waals surface area (Å²) < 4.78 is 37.9. The number of rotatable bonds is 6. The smallest absolute Gasteiger partial charge is 0.242 e. The van der Waals surface area contributed by atoms with Crippen LogP contribution in [0.2, 0.25) is 0 Å². The normalized spacial score (nSPS) is 16.2. The van der Waals surface area contributed by atoms with Crippen molar-refractivity contribution in [3.8, 4) is 17.0 Å². The molecule has 0 saturated heterocycles. The van der Waals surface area contributed by atoms with E-state index in [2.05, 4.69) is 14.7 Å². The maximum atomic E-state index is 12.0. The summed E-state index contributed by atoms with van der Waals surface area (Å²) in [5.41, 5.74) is 6.79. The van der Waals surface area contributed by atoms with E-state index in [0.717, 1.165) is 41.6 Å². The number of hydrogen-bond acceptors (Lipinski definition) is 7. The molecule has 1 aromatic carbocycles. The Bertz CT molecular complexity index is 1370. The number of methoxy groups -OCH3 is 1. The number of nitrogens with one attached hydrogen (secondary N) is 1. The lowest BCUT2D eigenvalue weighted by Gasteiger charge is -2.11. The van der Waals surface area contributed by atoms with E-state index in [1.165, 1.54) is 31.2 Å². The lowest BCUT2D eigenvalue weighted by molar-refractivity contribution is 0.400. The molecule has 1 N–H and O–H groups in total. The first-order valence-electron chi connectivity index (χ1n) is 10.7. The fraction of sp³-hybridized carbons (Fsp3) is 0.348. The predicted molar refractivity (Wildman–Crippen MR) is 124 cm³/mol. The van der Waals surface area contributed by atoms with Crippen LogP contribution in [0.15, 0.2) is 51.1 Å². The number of allylic oxidation sites excluding steroid dienone is 2. The average molecular weight is 453 g/mol. The minimum Gasteiger partial charge on any atom is -0.480 e. The number of hydrogen-bond donors (Lipinski definition) is 1. The molecule has 1 aliphatic carbocycles. The summed E-state index contributed by atoms with van der Waals surface area (Å²) in [6.07, 6.45) is 7.03. The zero-order chi connectivity index (χ0) is 22.3. The van der Waals surface area contributed by atoms with Gasteiger partial charge in [-0.1, -0.05) is 6.07 Å². The first-order valence-corrected chi connectivity index (χ1v) is 12.4. The molecule has 8 nitrogen and oxygen atoms in total. The largest absolute Gasteiger partial charge is 0.480 e. The molecule has 0 atom stereocenters. The molecule has 0 saturated carbocycles. The van der Waals surface area contributed by atoms with E-state index in [-0.39, 0.29) is 11.6 Å². The fourth-order valence-electron chi connectivity index (χ4n) is 4.12. The van der Waals surface area contributed by atoms with Crippen LogP contribution in [0.5, 0.6) is 5.88 Å². The Kier molecular flexibility index (Phi) is 5.21. The van der Waals surface area contributed by atoms with Gasteiger partial charge in [-0.05, 0) is 61.9 Å². The molecule has 0 bridgehead atoms. The van der Waals surface area contributed by atoms with Crippen molar-refractivity contribution < 1.29 is 17.6 Å². The lowest BCUT2D eigenvalue weighted by Crippen LogP contribution is -2.15. The van der Waals surface area contributed by atoms with Crippen molar-refractivity contribution in [2.24, 2.45) is 4.99 Å². The number of benzene rings is 1. The van der Waals surface area contributed by atoms with Crippen LogP contribution in [0.1, 0.15) is 44.9 Å². The number of aromatic nitrogens is 2. The SMILES string of the molecule is CCS(=O)(=O)Nc1cc(-c2ccc3nc(C4=NC5=C(CCCC5)C4)oc3c2)cnc1OC. The van der Waals surface area contributed by atoms with E-state index >= 15 is 0 Å². The zero-order valence-electron chi connectivity index (χ0n) is 18.0. The van der Waals surface area contributed by atoms with Gasteiger partial charge in [0.25, 0.3) is 0 Å². The lowest BCUT2D eigenvalue weighted by atomic mass is 9.95. The van der Waals surface area contributed by atoms with Crippen LogP contribution in [0.3, 0.4) is 0 Å². The quantitative estimate of drug-likeness (QED) is 0.582. The number of anilines is 1. The van der Waals surface area contributed by atoms with Crippen molar-refractivity contribution in [2.75, 3.05) is 17.6 Å². The summed E-state index contributed by atoms with van der Waals surface area (Å²) in [5.74, 6) is 0.732. The fourth-order valence-corrected chi connectivity index (χ4v) is 4.74. The molecule has 3 aromatic rings. The summed E-state index contributed by atoms with van der Waals surface area (Å²) in [5, 5.41) is 0. The minimum absolute atomic E-state index is 0.0463. The minimum atomic E-state index is -3.47. The molecule has 0 radical (unpaired) electrons. The highest BCUT2D eigenvalue weighted by Crippen LogP contribution is 2.35. The molecule has 0 spiro atoms. The van der Waals surface area contributed by atoms with Crippen LogP contribution in [0, 0.1) is 0 Å². The van der Waals surface area contributed by atoms with Crippen LogP contribution >= 0.6 is 0 Å². The second-order valence-corrected chi connectivity index (χ2v) is 9.99. The Morgan fingerprint density at radius 1 is 1.16 bits per heavy atom. The Hall–Kier alpha value is -3.20. The van der Waals surface area contributed by atoms with E-state index < -0.39 is 10.0 Å². The van der Waals surface area contributed by atoms with Gasteiger partial charge >= 0.3 is 0 Å². The van der Waals surface area contributed by atoms with Gasteiger partial charge in [-0.25, -0.2) is 18.4 Å². The van der Waals surface area contributed by atoms with Gasteiger partial charge in [0, 0.05) is 23.9 Å². The average Bonchev–Trinajstić information content (AvgIpc) is 3.42. The van der Waals surface area contributed by atoms with Crippen LogP contribution in [-0.2, 0) is 10.0 Å². The Morgan fingerprint density at radius 3 is 2.78 bits per heavy atom. The van der Waals surface area contributed by atoms with E-state index in [1.54, 1.807) is 19.2 Å². The monoisotopic (exact) mass is 452 g/mol. The van der Waals surface area contributed by atoms with Gasteiger partial charge in [0.1, 0.15) is 16.9 Å². The van der Waals surface area contributed by atoms with E-state index in [9.17, 15) is 8.42 Å². The molecule has 0 amide bonds. The summed E-state index contributed by atoms with van der Waals surface area (Å²) in [6, 6.07) is 7.39. The standard InChI is InChI=1S/C23H24N4O4S/c1-3-32(28,29)27-20-11-16(13-24-22(20)30-2)14-8-9-18-21(12-14)31-23(26-18)19-10-15-6-4-5-7-17(15)25-19/h8-9,11-13,27H,3-7,10H2,1-2H3. The van der Waals surface area contributed by atoms with Crippen molar-refractivity contribution in [3.63, 3.8) is 0 Å². The summed E-state index contributed by atoms with van der Waals surface area (Å²) >= 11 is 0. The van der Waals surface area contributed by atoms with Crippen LogP contribution in [-0.4, -0.2) is 37.0 Å². The first-order chi connectivity index (χ1) is 15.5. The van der Waals surface area contributed by atoms with Crippen molar-refractivity contribution in [1.29, 1.82) is 0 Å². The number of nitrogens with zero attached hydrogens (tertiary/aromatic N) is 3. The van der Waals surface area contributed by atoms with Gasteiger partial charge in [0.2, 0.25) is 21.8 Å². The number of pyridine rings is 1. The molecule has 32 heavy (non-hydrogen) atoms. The first kappa shape index (κ1) is 20.7. The van der Waals surface area contributed by atoms with E-state index in [1.807, 2.05) is 18.2 Å². The van der Waals surface area contributed by atoms with Gasteiger partial charge in [-0.2, -0.15) is 0 Å². The number of sulfonamides is 1. The molecule has 0 unspecified atom stereocenters. The predicted octanol–water partition coefficient (Wildman–Crippen LogP) is 4.68.